The molecule has 1 aliphatic rings. The Morgan fingerprint density at radius 1 is 1.38 bits per heavy atom. The number of nitrogens with one attached hydrogen (secondary N) is 1. The van der Waals surface area contributed by atoms with E-state index in [0.29, 0.717) is 15.7 Å². The maximum Gasteiger partial charge on any atom is 0.266 e. The van der Waals surface area contributed by atoms with Crippen molar-refractivity contribution in [2.45, 2.75) is 18.9 Å². The number of likely N-dealkylation sites (tertiary alicyclic amines) is 1. The van der Waals surface area contributed by atoms with Crippen LogP contribution in [0.25, 0.3) is 0 Å². The molecule has 0 spiro atoms. The fourth-order valence-corrected chi connectivity index (χ4v) is 3.17. The van der Waals surface area contributed by atoms with Gasteiger partial charge in [-0.05, 0) is 45.1 Å². The summed E-state index contributed by atoms with van der Waals surface area (Å²) in [5, 5.41) is 13.0. The SMILES string of the molecule is CN1CCC(N(C)C(=O)/C(C#N)=C\Nc2c(Cl)cccc2Cl)CC1. The molecule has 128 valence electrons. The number of para-hydroxylation sites is 1. The largest absolute Gasteiger partial charge is 0.358 e. The second-order valence-corrected chi connectivity index (χ2v) is 6.68. The zero-order valence-corrected chi connectivity index (χ0v) is 15.2. The van der Waals surface area contributed by atoms with Crippen LogP contribution in [-0.2, 0) is 4.79 Å². The zero-order valence-electron chi connectivity index (χ0n) is 13.7. The molecule has 1 amide bonds. The van der Waals surface area contributed by atoms with E-state index in [9.17, 15) is 10.1 Å². The van der Waals surface area contributed by atoms with Crippen LogP contribution in [0.2, 0.25) is 10.0 Å². The summed E-state index contributed by atoms with van der Waals surface area (Å²) >= 11 is 12.1. The van der Waals surface area contributed by atoms with Gasteiger partial charge in [-0.2, -0.15) is 5.26 Å². The van der Waals surface area contributed by atoms with Crippen LogP contribution in [0.1, 0.15) is 12.8 Å². The predicted molar refractivity (Wildman–Crippen MR) is 97.1 cm³/mol. The molecule has 0 aromatic heterocycles. The van der Waals surface area contributed by atoms with Crippen LogP contribution in [0.4, 0.5) is 5.69 Å². The summed E-state index contributed by atoms with van der Waals surface area (Å²) in [6.45, 7) is 1.89. The summed E-state index contributed by atoms with van der Waals surface area (Å²) in [5.41, 5.74) is 0.496. The molecule has 0 radical (unpaired) electrons. The smallest absolute Gasteiger partial charge is 0.266 e. The molecule has 0 unspecified atom stereocenters. The van der Waals surface area contributed by atoms with E-state index in [2.05, 4.69) is 17.3 Å². The number of halogens is 2. The third-order valence-electron chi connectivity index (χ3n) is 4.23. The summed E-state index contributed by atoms with van der Waals surface area (Å²) in [5.74, 6) is -0.303. The van der Waals surface area contributed by atoms with Crippen molar-refractivity contribution in [1.82, 2.24) is 9.80 Å². The van der Waals surface area contributed by atoms with Gasteiger partial charge in [0, 0.05) is 19.3 Å². The highest BCUT2D eigenvalue weighted by Crippen LogP contribution is 2.30. The second kappa shape index (κ2) is 8.39. The number of carbonyl (C=O) groups is 1. The normalized spacial score (nSPS) is 16.5. The van der Waals surface area contributed by atoms with E-state index < -0.39 is 0 Å². The number of carbonyl (C=O) groups excluding carboxylic acids is 1. The molecule has 24 heavy (non-hydrogen) atoms. The first kappa shape index (κ1) is 18.6. The van der Waals surface area contributed by atoms with Gasteiger partial charge in [0.25, 0.3) is 5.91 Å². The Bertz CT molecular complexity index is 655. The minimum atomic E-state index is -0.303. The Morgan fingerprint density at radius 3 is 2.50 bits per heavy atom. The number of benzene rings is 1. The van der Waals surface area contributed by atoms with Crippen LogP contribution in [0.3, 0.4) is 0 Å². The molecular weight excluding hydrogens is 347 g/mol. The van der Waals surface area contributed by atoms with E-state index in [1.165, 1.54) is 6.20 Å². The predicted octanol–water partition coefficient (Wildman–Crippen LogP) is 3.37. The summed E-state index contributed by atoms with van der Waals surface area (Å²) in [7, 11) is 3.81. The quantitative estimate of drug-likeness (QED) is 0.655. The van der Waals surface area contributed by atoms with Crippen molar-refractivity contribution in [3.8, 4) is 6.07 Å². The molecular formula is C17H20Cl2N4O. The van der Waals surface area contributed by atoms with Crippen molar-refractivity contribution in [3.05, 3.63) is 40.0 Å². The van der Waals surface area contributed by atoms with Crippen LogP contribution in [0.5, 0.6) is 0 Å². The molecule has 0 atom stereocenters. The van der Waals surface area contributed by atoms with Crippen LogP contribution >= 0.6 is 23.2 Å². The minimum absolute atomic E-state index is 0.0208. The summed E-state index contributed by atoms with van der Waals surface area (Å²) in [6.07, 6.45) is 3.17. The zero-order chi connectivity index (χ0) is 17.7. The summed E-state index contributed by atoms with van der Waals surface area (Å²) < 4.78 is 0. The van der Waals surface area contributed by atoms with Gasteiger partial charge in [-0.25, -0.2) is 0 Å². The van der Waals surface area contributed by atoms with Crippen molar-refractivity contribution in [1.29, 1.82) is 5.26 Å². The Hall–Kier alpha value is -1.74. The fraction of sp³-hybridized carbons (Fsp3) is 0.412. The topological polar surface area (TPSA) is 59.4 Å². The first-order valence-corrected chi connectivity index (χ1v) is 8.46. The minimum Gasteiger partial charge on any atom is -0.358 e. The molecule has 1 aromatic carbocycles. The number of amides is 1. The first-order chi connectivity index (χ1) is 11.4. The molecule has 1 saturated heterocycles. The highest BCUT2D eigenvalue weighted by Gasteiger charge is 2.26. The third-order valence-corrected chi connectivity index (χ3v) is 4.86. The van der Waals surface area contributed by atoms with Crippen LogP contribution in [0, 0.1) is 11.3 Å². The molecule has 5 nitrogen and oxygen atoms in total. The number of hydrogen-bond acceptors (Lipinski definition) is 4. The van der Waals surface area contributed by atoms with Crippen molar-refractivity contribution in [2.24, 2.45) is 0 Å². The van der Waals surface area contributed by atoms with Gasteiger partial charge in [-0.1, -0.05) is 29.3 Å². The van der Waals surface area contributed by atoms with Crippen LogP contribution in [0.15, 0.2) is 30.0 Å². The van der Waals surface area contributed by atoms with Gasteiger partial charge in [-0.15, -0.1) is 0 Å². The number of nitriles is 1. The first-order valence-electron chi connectivity index (χ1n) is 7.70. The van der Waals surface area contributed by atoms with Gasteiger partial charge < -0.3 is 15.1 Å². The molecule has 1 heterocycles. The fourth-order valence-electron chi connectivity index (χ4n) is 2.66. The lowest BCUT2D eigenvalue weighted by Crippen LogP contribution is -2.44. The van der Waals surface area contributed by atoms with E-state index in [0.717, 1.165) is 25.9 Å². The van der Waals surface area contributed by atoms with E-state index in [4.69, 9.17) is 23.2 Å². The van der Waals surface area contributed by atoms with Gasteiger partial charge in [0.2, 0.25) is 0 Å². The molecule has 0 aliphatic carbocycles. The molecule has 0 saturated carbocycles. The van der Waals surface area contributed by atoms with E-state index in [-0.39, 0.29) is 17.5 Å². The monoisotopic (exact) mass is 366 g/mol. The van der Waals surface area contributed by atoms with Crippen LogP contribution < -0.4 is 5.32 Å². The van der Waals surface area contributed by atoms with Crippen molar-refractivity contribution >= 4 is 34.8 Å². The van der Waals surface area contributed by atoms with Gasteiger partial charge in [0.15, 0.2) is 0 Å². The number of anilines is 1. The van der Waals surface area contributed by atoms with E-state index in [1.807, 2.05) is 6.07 Å². The molecule has 1 aromatic rings. The summed E-state index contributed by atoms with van der Waals surface area (Å²) in [4.78, 5) is 16.4. The lowest BCUT2D eigenvalue weighted by atomic mass is 10.0. The molecule has 1 N–H and O–H groups in total. The Morgan fingerprint density at radius 2 is 1.96 bits per heavy atom. The number of likely N-dealkylation sites (N-methyl/N-ethyl adjacent to an activating group) is 1. The van der Waals surface area contributed by atoms with Gasteiger partial charge in [0.1, 0.15) is 11.6 Å². The number of nitrogens with zero attached hydrogens (tertiary/aromatic N) is 3. The maximum absolute atomic E-state index is 12.6. The van der Waals surface area contributed by atoms with Crippen molar-refractivity contribution < 1.29 is 4.79 Å². The number of piperidine rings is 1. The molecule has 7 heteroatoms. The van der Waals surface area contributed by atoms with Gasteiger partial charge >= 0.3 is 0 Å². The molecule has 0 bridgehead atoms. The van der Waals surface area contributed by atoms with Crippen molar-refractivity contribution in [3.63, 3.8) is 0 Å². The van der Waals surface area contributed by atoms with Gasteiger partial charge in [0.05, 0.1) is 15.7 Å². The highest BCUT2D eigenvalue weighted by molar-refractivity contribution is 6.39. The van der Waals surface area contributed by atoms with E-state index in [1.54, 1.807) is 30.1 Å². The lowest BCUT2D eigenvalue weighted by Gasteiger charge is -2.35. The Kier molecular flexibility index (Phi) is 6.50. The standard InChI is InChI=1S/C17H20Cl2N4O/c1-22-8-6-13(7-9-22)23(2)17(24)12(10-20)11-21-16-14(18)4-3-5-15(16)19/h3-5,11,13,21H,6-9H2,1-2H3/b12-11-. The number of rotatable bonds is 4. The molecule has 1 aliphatic heterocycles. The average Bonchev–Trinajstić information content (AvgIpc) is 2.57. The van der Waals surface area contributed by atoms with Crippen LogP contribution in [-0.4, -0.2) is 48.9 Å². The Balaban J connectivity index is 2.09. The van der Waals surface area contributed by atoms with E-state index >= 15 is 0 Å². The van der Waals surface area contributed by atoms with Gasteiger partial charge in [-0.3, -0.25) is 4.79 Å². The summed E-state index contributed by atoms with van der Waals surface area (Å²) in [6, 6.07) is 7.19. The average molecular weight is 367 g/mol. The maximum atomic E-state index is 12.6. The van der Waals surface area contributed by atoms with Crippen molar-refractivity contribution in [2.75, 3.05) is 32.5 Å². The highest BCUT2D eigenvalue weighted by atomic mass is 35.5. The molecule has 1 fully saturated rings. The Labute approximate surface area is 152 Å². The number of hydrogen-bond donors (Lipinski definition) is 1. The second-order valence-electron chi connectivity index (χ2n) is 5.86. The molecule has 2 rings (SSSR count). The lowest BCUT2D eigenvalue weighted by molar-refractivity contribution is -0.128. The third kappa shape index (κ3) is 4.41.